The molecule has 4 heteroatoms. The molecule has 0 aliphatic rings. The van der Waals surface area contributed by atoms with Crippen LogP contribution in [-0.2, 0) is 6.54 Å². The summed E-state index contributed by atoms with van der Waals surface area (Å²) in [6, 6.07) is 1.96. The van der Waals surface area contributed by atoms with Crippen molar-refractivity contribution in [2.24, 2.45) is 0 Å². The fourth-order valence-corrected chi connectivity index (χ4v) is 1.27. The number of imidazole rings is 1. The van der Waals surface area contributed by atoms with E-state index in [1.54, 1.807) is 12.5 Å². The third kappa shape index (κ3) is 2.43. The third-order valence-corrected chi connectivity index (χ3v) is 1.93. The highest BCUT2D eigenvalue weighted by molar-refractivity contribution is 5.94. The van der Waals surface area contributed by atoms with Gasteiger partial charge in [-0.3, -0.25) is 4.79 Å². The monoisotopic (exact) mass is 191 g/mol. The van der Waals surface area contributed by atoms with Crippen LogP contribution in [0.3, 0.4) is 0 Å². The molecule has 74 valence electrons. The summed E-state index contributed by atoms with van der Waals surface area (Å²) in [5.74, 6) is -0.00231. The van der Waals surface area contributed by atoms with Crippen LogP contribution in [0.25, 0.3) is 0 Å². The Morgan fingerprint density at radius 2 is 2.50 bits per heavy atom. The second-order valence-corrected chi connectivity index (χ2v) is 3.05. The zero-order chi connectivity index (χ0) is 10.4. The minimum absolute atomic E-state index is 0.00231. The van der Waals surface area contributed by atoms with E-state index in [9.17, 15) is 4.79 Å². The molecule has 0 bridgehead atoms. The average Bonchev–Trinajstić information content (AvgIpc) is 2.63. The molecule has 0 aliphatic heterocycles. The highest BCUT2D eigenvalue weighted by Crippen LogP contribution is 2.05. The Morgan fingerprint density at radius 3 is 3.14 bits per heavy atom. The number of hydrogen-bond acceptors (Lipinski definition) is 3. The Balaban J connectivity index is 2.69. The predicted molar refractivity (Wildman–Crippen MR) is 51.7 cm³/mol. The highest BCUT2D eigenvalue weighted by Gasteiger charge is 2.10. The van der Waals surface area contributed by atoms with Crippen molar-refractivity contribution < 1.29 is 4.79 Å². The minimum atomic E-state index is -0.00231. The maximum atomic E-state index is 11.5. The summed E-state index contributed by atoms with van der Waals surface area (Å²) in [6.45, 7) is 2.84. The molecule has 0 spiro atoms. The van der Waals surface area contributed by atoms with Crippen LogP contribution in [0.1, 0.15) is 36.7 Å². The summed E-state index contributed by atoms with van der Waals surface area (Å²) in [6.07, 6.45) is 4.75. The molecule has 1 heterocycles. The molecule has 0 atom stereocenters. The van der Waals surface area contributed by atoms with Crippen molar-refractivity contribution in [2.75, 3.05) is 0 Å². The van der Waals surface area contributed by atoms with Gasteiger partial charge in [-0.2, -0.15) is 5.26 Å². The van der Waals surface area contributed by atoms with E-state index in [-0.39, 0.29) is 18.6 Å². The molecule has 1 rings (SSSR count). The van der Waals surface area contributed by atoms with Gasteiger partial charge in [-0.05, 0) is 6.42 Å². The van der Waals surface area contributed by atoms with Gasteiger partial charge in [0.25, 0.3) is 0 Å². The molecule has 0 aromatic carbocycles. The quantitative estimate of drug-likeness (QED) is 0.666. The van der Waals surface area contributed by atoms with Crippen LogP contribution in [0.5, 0.6) is 0 Å². The second-order valence-electron chi connectivity index (χ2n) is 3.05. The summed E-state index contributed by atoms with van der Waals surface area (Å²) in [5, 5.41) is 8.36. The van der Waals surface area contributed by atoms with Gasteiger partial charge in [0, 0.05) is 19.4 Å². The standard InChI is InChI=1S/C10H13N3O/c1-2-6-13-8-12-7-9(13)10(14)4-3-5-11/h7-8H,2-4,6H2,1H3. The Labute approximate surface area is 83.2 Å². The molecule has 0 N–H and O–H groups in total. The normalized spacial score (nSPS) is 9.71. The zero-order valence-corrected chi connectivity index (χ0v) is 8.23. The van der Waals surface area contributed by atoms with Crippen LogP contribution in [-0.4, -0.2) is 15.3 Å². The topological polar surface area (TPSA) is 58.7 Å². The molecule has 0 fully saturated rings. The lowest BCUT2D eigenvalue weighted by atomic mass is 10.2. The van der Waals surface area contributed by atoms with Crippen LogP contribution in [0, 0.1) is 11.3 Å². The number of aryl methyl sites for hydroxylation is 1. The first-order chi connectivity index (χ1) is 6.79. The van der Waals surface area contributed by atoms with Gasteiger partial charge in [0.05, 0.1) is 18.6 Å². The van der Waals surface area contributed by atoms with E-state index in [4.69, 9.17) is 5.26 Å². The number of carbonyl (C=O) groups excluding carboxylic acids is 1. The molecular formula is C10H13N3O. The molecule has 0 radical (unpaired) electrons. The number of hydrogen-bond donors (Lipinski definition) is 0. The number of rotatable bonds is 5. The second kappa shape index (κ2) is 5.18. The zero-order valence-electron chi connectivity index (χ0n) is 8.23. The maximum absolute atomic E-state index is 11.5. The lowest BCUT2D eigenvalue weighted by molar-refractivity contribution is 0.0975. The first kappa shape index (κ1) is 10.5. The summed E-state index contributed by atoms with van der Waals surface area (Å²) in [4.78, 5) is 15.5. The molecule has 0 saturated heterocycles. The Kier molecular flexibility index (Phi) is 3.86. The van der Waals surface area contributed by atoms with Crippen molar-refractivity contribution in [1.29, 1.82) is 5.26 Å². The first-order valence-electron chi connectivity index (χ1n) is 4.70. The van der Waals surface area contributed by atoms with Crippen molar-refractivity contribution in [3.05, 3.63) is 18.2 Å². The molecule has 0 aliphatic carbocycles. The fourth-order valence-electron chi connectivity index (χ4n) is 1.27. The molecule has 0 saturated carbocycles. The van der Waals surface area contributed by atoms with Gasteiger partial charge >= 0.3 is 0 Å². The van der Waals surface area contributed by atoms with Crippen LogP contribution in [0.2, 0.25) is 0 Å². The van der Waals surface area contributed by atoms with Crippen molar-refractivity contribution in [1.82, 2.24) is 9.55 Å². The molecular weight excluding hydrogens is 178 g/mol. The van der Waals surface area contributed by atoms with Crippen LogP contribution >= 0.6 is 0 Å². The van der Waals surface area contributed by atoms with Crippen molar-refractivity contribution in [3.8, 4) is 6.07 Å². The fraction of sp³-hybridized carbons (Fsp3) is 0.500. The maximum Gasteiger partial charge on any atom is 0.181 e. The van der Waals surface area contributed by atoms with E-state index in [1.165, 1.54) is 0 Å². The van der Waals surface area contributed by atoms with Crippen molar-refractivity contribution in [2.45, 2.75) is 32.7 Å². The molecule has 4 nitrogen and oxygen atoms in total. The number of nitrogens with zero attached hydrogens (tertiary/aromatic N) is 3. The summed E-state index contributed by atoms with van der Waals surface area (Å²) >= 11 is 0. The first-order valence-corrected chi connectivity index (χ1v) is 4.70. The molecule has 14 heavy (non-hydrogen) atoms. The lowest BCUT2D eigenvalue weighted by Gasteiger charge is -2.03. The number of ketones is 1. The van der Waals surface area contributed by atoms with Gasteiger partial charge in [-0.25, -0.2) is 4.98 Å². The number of nitriles is 1. The minimum Gasteiger partial charge on any atom is -0.328 e. The largest absolute Gasteiger partial charge is 0.328 e. The number of aromatic nitrogens is 2. The SMILES string of the molecule is CCCn1cncc1C(=O)CCC#N. The molecule has 1 aromatic rings. The number of carbonyl (C=O) groups is 1. The Hall–Kier alpha value is -1.63. The van der Waals surface area contributed by atoms with Gasteiger partial charge in [0.2, 0.25) is 0 Å². The summed E-state index contributed by atoms with van der Waals surface area (Å²) in [7, 11) is 0. The van der Waals surface area contributed by atoms with Gasteiger partial charge in [0.15, 0.2) is 5.78 Å². The Bertz CT molecular complexity index is 348. The van der Waals surface area contributed by atoms with E-state index in [0.29, 0.717) is 5.69 Å². The smallest absolute Gasteiger partial charge is 0.181 e. The van der Waals surface area contributed by atoms with Gasteiger partial charge < -0.3 is 4.57 Å². The van der Waals surface area contributed by atoms with E-state index in [0.717, 1.165) is 13.0 Å². The molecule has 0 unspecified atom stereocenters. The van der Waals surface area contributed by atoms with Gasteiger partial charge in [-0.15, -0.1) is 0 Å². The predicted octanol–water partition coefficient (Wildman–Crippen LogP) is 1.78. The van der Waals surface area contributed by atoms with E-state index < -0.39 is 0 Å². The highest BCUT2D eigenvalue weighted by atomic mass is 16.1. The van der Waals surface area contributed by atoms with Gasteiger partial charge in [0.1, 0.15) is 5.69 Å². The number of Topliss-reactive ketones (excluding diaryl/α,β-unsaturated/α-hetero) is 1. The van der Waals surface area contributed by atoms with Crippen molar-refractivity contribution >= 4 is 5.78 Å². The third-order valence-electron chi connectivity index (χ3n) is 1.93. The van der Waals surface area contributed by atoms with Crippen LogP contribution in [0.15, 0.2) is 12.5 Å². The Morgan fingerprint density at radius 1 is 1.71 bits per heavy atom. The lowest BCUT2D eigenvalue weighted by Crippen LogP contribution is -2.07. The van der Waals surface area contributed by atoms with E-state index >= 15 is 0 Å². The summed E-state index contributed by atoms with van der Waals surface area (Å²) < 4.78 is 1.83. The van der Waals surface area contributed by atoms with Crippen LogP contribution in [0.4, 0.5) is 0 Å². The average molecular weight is 191 g/mol. The van der Waals surface area contributed by atoms with Gasteiger partial charge in [-0.1, -0.05) is 6.92 Å². The summed E-state index contributed by atoms with van der Waals surface area (Å²) in [5.41, 5.74) is 0.613. The van der Waals surface area contributed by atoms with Crippen LogP contribution < -0.4 is 0 Å². The van der Waals surface area contributed by atoms with E-state index in [2.05, 4.69) is 4.98 Å². The molecule has 1 aromatic heterocycles. The molecule has 0 amide bonds. The van der Waals surface area contributed by atoms with Crippen molar-refractivity contribution in [3.63, 3.8) is 0 Å². The van der Waals surface area contributed by atoms with E-state index in [1.807, 2.05) is 17.6 Å².